The molecule has 0 heterocycles. The number of hydrogen-bond acceptors (Lipinski definition) is 2. The van der Waals surface area contributed by atoms with E-state index in [-0.39, 0.29) is 5.91 Å². The van der Waals surface area contributed by atoms with Crippen LogP contribution in [0.4, 0.5) is 0 Å². The minimum atomic E-state index is -0.942. The number of nitrogens with one attached hydrogen (secondary N) is 1. The molecular weight excluding hydrogens is 246 g/mol. The Morgan fingerprint density at radius 3 is 2.89 bits per heavy atom. The number of aryl methyl sites for hydroxylation is 2. The van der Waals surface area contributed by atoms with Crippen molar-refractivity contribution in [1.29, 1.82) is 0 Å². The SMILES string of the molecule is CC(=O)NCCC[S@@](=O)c1ccc2c(c1)CCC2. The lowest BCUT2D eigenvalue weighted by Gasteiger charge is -2.05. The molecule has 0 spiro atoms. The van der Waals surface area contributed by atoms with Crippen molar-refractivity contribution >= 4 is 16.7 Å². The summed E-state index contributed by atoms with van der Waals surface area (Å²) in [6.45, 7) is 2.10. The number of hydrogen-bond donors (Lipinski definition) is 1. The number of benzene rings is 1. The second-order valence-electron chi connectivity index (χ2n) is 4.67. The van der Waals surface area contributed by atoms with Crippen molar-refractivity contribution in [3.8, 4) is 0 Å². The van der Waals surface area contributed by atoms with Crippen LogP contribution in [0.2, 0.25) is 0 Å². The monoisotopic (exact) mass is 265 g/mol. The Kier molecular flexibility index (Phi) is 4.53. The maximum Gasteiger partial charge on any atom is 0.216 e. The Bertz CT molecular complexity index is 471. The first-order chi connectivity index (χ1) is 8.66. The van der Waals surface area contributed by atoms with Gasteiger partial charge in [0, 0.05) is 24.1 Å². The lowest BCUT2D eigenvalue weighted by atomic mass is 10.1. The largest absolute Gasteiger partial charge is 0.356 e. The summed E-state index contributed by atoms with van der Waals surface area (Å²) >= 11 is 0. The topological polar surface area (TPSA) is 46.2 Å². The third kappa shape index (κ3) is 3.42. The molecule has 98 valence electrons. The molecule has 0 bridgehead atoms. The number of carbonyl (C=O) groups is 1. The lowest BCUT2D eigenvalue weighted by Crippen LogP contribution is -2.22. The molecule has 18 heavy (non-hydrogen) atoms. The number of rotatable bonds is 5. The molecule has 1 atom stereocenters. The Morgan fingerprint density at radius 1 is 1.33 bits per heavy atom. The van der Waals surface area contributed by atoms with Gasteiger partial charge in [-0.1, -0.05) is 6.07 Å². The zero-order chi connectivity index (χ0) is 13.0. The van der Waals surface area contributed by atoms with Gasteiger partial charge in [0.25, 0.3) is 0 Å². The predicted molar refractivity (Wildman–Crippen MR) is 73.0 cm³/mol. The third-order valence-electron chi connectivity index (χ3n) is 3.21. The van der Waals surface area contributed by atoms with Crippen LogP contribution in [0.5, 0.6) is 0 Å². The molecular formula is C14H19NO2S. The highest BCUT2D eigenvalue weighted by molar-refractivity contribution is 7.85. The van der Waals surface area contributed by atoms with E-state index in [4.69, 9.17) is 0 Å². The first-order valence-corrected chi connectivity index (χ1v) is 7.73. The number of fused-ring (bicyclic) bond motifs is 1. The fourth-order valence-corrected chi connectivity index (χ4v) is 3.41. The molecule has 4 heteroatoms. The number of carbonyl (C=O) groups excluding carboxylic acids is 1. The quantitative estimate of drug-likeness (QED) is 0.825. The van der Waals surface area contributed by atoms with E-state index in [1.807, 2.05) is 6.07 Å². The zero-order valence-corrected chi connectivity index (χ0v) is 11.5. The van der Waals surface area contributed by atoms with Crippen LogP contribution < -0.4 is 5.32 Å². The van der Waals surface area contributed by atoms with Crippen molar-refractivity contribution in [2.45, 2.75) is 37.5 Å². The van der Waals surface area contributed by atoms with Gasteiger partial charge < -0.3 is 5.32 Å². The minimum absolute atomic E-state index is 0.0293. The van der Waals surface area contributed by atoms with Gasteiger partial charge in [0.05, 0.1) is 10.8 Å². The highest BCUT2D eigenvalue weighted by Crippen LogP contribution is 2.24. The molecule has 0 saturated heterocycles. The highest BCUT2D eigenvalue weighted by atomic mass is 32.2. The highest BCUT2D eigenvalue weighted by Gasteiger charge is 2.13. The van der Waals surface area contributed by atoms with Gasteiger partial charge in [0.1, 0.15) is 0 Å². The summed E-state index contributed by atoms with van der Waals surface area (Å²) in [5.41, 5.74) is 2.77. The summed E-state index contributed by atoms with van der Waals surface area (Å²) in [6.07, 6.45) is 4.24. The van der Waals surface area contributed by atoms with Gasteiger partial charge in [-0.3, -0.25) is 9.00 Å². The van der Waals surface area contributed by atoms with Gasteiger partial charge >= 0.3 is 0 Å². The average molecular weight is 265 g/mol. The Hall–Kier alpha value is -1.16. The van der Waals surface area contributed by atoms with Gasteiger partial charge in [-0.05, 0) is 48.9 Å². The second kappa shape index (κ2) is 6.14. The molecule has 0 unspecified atom stereocenters. The molecule has 3 nitrogen and oxygen atoms in total. The maximum absolute atomic E-state index is 12.1. The van der Waals surface area contributed by atoms with Crippen LogP contribution in [0.3, 0.4) is 0 Å². The Morgan fingerprint density at radius 2 is 2.11 bits per heavy atom. The molecule has 2 rings (SSSR count). The summed E-state index contributed by atoms with van der Waals surface area (Å²) in [5, 5.41) is 2.72. The molecule has 1 aromatic rings. The predicted octanol–water partition coefficient (Wildman–Crippen LogP) is 1.81. The standard InChI is InChI=1S/C14H19NO2S/c1-11(16)15-8-3-9-18(17)14-7-6-12-4-2-5-13(12)10-14/h6-7,10H,2-5,8-9H2,1H3,(H,15,16)/t18-/m1/s1. The molecule has 0 saturated carbocycles. The molecule has 1 amide bonds. The van der Waals surface area contributed by atoms with E-state index < -0.39 is 10.8 Å². The lowest BCUT2D eigenvalue weighted by molar-refractivity contribution is -0.118. The van der Waals surface area contributed by atoms with E-state index in [9.17, 15) is 9.00 Å². The molecule has 0 fully saturated rings. The molecule has 1 aliphatic rings. The molecule has 1 N–H and O–H groups in total. The first kappa shape index (κ1) is 13.3. The van der Waals surface area contributed by atoms with Crippen molar-refractivity contribution in [3.63, 3.8) is 0 Å². The summed E-state index contributed by atoms with van der Waals surface area (Å²) < 4.78 is 12.1. The van der Waals surface area contributed by atoms with Crippen LogP contribution in [-0.4, -0.2) is 22.4 Å². The van der Waals surface area contributed by atoms with Gasteiger partial charge in [0.15, 0.2) is 0 Å². The van der Waals surface area contributed by atoms with Crippen LogP contribution in [0, 0.1) is 0 Å². The maximum atomic E-state index is 12.1. The van der Waals surface area contributed by atoms with Crippen LogP contribution in [0.1, 0.15) is 30.9 Å². The van der Waals surface area contributed by atoms with Gasteiger partial charge in [0.2, 0.25) is 5.91 Å². The number of amides is 1. The van der Waals surface area contributed by atoms with Crippen molar-refractivity contribution in [2.75, 3.05) is 12.3 Å². The fraction of sp³-hybridized carbons (Fsp3) is 0.500. The summed E-state index contributed by atoms with van der Waals surface area (Å²) in [6, 6.07) is 6.19. The van der Waals surface area contributed by atoms with E-state index in [0.29, 0.717) is 12.3 Å². The van der Waals surface area contributed by atoms with Gasteiger partial charge in [-0.2, -0.15) is 0 Å². The zero-order valence-electron chi connectivity index (χ0n) is 10.7. The van der Waals surface area contributed by atoms with E-state index in [0.717, 1.165) is 24.2 Å². The first-order valence-electron chi connectivity index (χ1n) is 6.41. The van der Waals surface area contributed by atoms with Crippen molar-refractivity contribution in [2.24, 2.45) is 0 Å². The van der Waals surface area contributed by atoms with Crippen LogP contribution in [0.15, 0.2) is 23.1 Å². The smallest absolute Gasteiger partial charge is 0.216 e. The second-order valence-corrected chi connectivity index (χ2v) is 6.24. The van der Waals surface area contributed by atoms with E-state index in [1.165, 1.54) is 24.5 Å². The molecule has 0 aromatic heterocycles. The van der Waals surface area contributed by atoms with E-state index in [1.54, 1.807) is 0 Å². The molecule has 0 radical (unpaired) electrons. The Balaban J connectivity index is 1.87. The third-order valence-corrected chi connectivity index (χ3v) is 4.65. The fourth-order valence-electron chi connectivity index (χ4n) is 2.28. The van der Waals surface area contributed by atoms with Crippen molar-refractivity contribution in [3.05, 3.63) is 29.3 Å². The van der Waals surface area contributed by atoms with Gasteiger partial charge in [-0.15, -0.1) is 0 Å². The van der Waals surface area contributed by atoms with Crippen LogP contribution >= 0.6 is 0 Å². The summed E-state index contributed by atoms with van der Waals surface area (Å²) in [7, 11) is -0.942. The van der Waals surface area contributed by atoms with Gasteiger partial charge in [-0.25, -0.2) is 0 Å². The molecule has 1 aliphatic carbocycles. The average Bonchev–Trinajstić information content (AvgIpc) is 2.81. The van der Waals surface area contributed by atoms with E-state index in [2.05, 4.69) is 17.4 Å². The normalized spacial score (nSPS) is 15.2. The van der Waals surface area contributed by atoms with Crippen molar-refractivity contribution < 1.29 is 9.00 Å². The summed E-state index contributed by atoms with van der Waals surface area (Å²) in [4.78, 5) is 11.6. The van der Waals surface area contributed by atoms with E-state index >= 15 is 0 Å². The molecule has 1 aromatic carbocycles. The van der Waals surface area contributed by atoms with Crippen LogP contribution in [-0.2, 0) is 28.4 Å². The van der Waals surface area contributed by atoms with Crippen LogP contribution in [0.25, 0.3) is 0 Å². The summed E-state index contributed by atoms with van der Waals surface area (Å²) in [5.74, 6) is 0.581. The Labute approximate surface area is 110 Å². The molecule has 0 aliphatic heterocycles. The van der Waals surface area contributed by atoms with Crippen molar-refractivity contribution in [1.82, 2.24) is 5.32 Å². The minimum Gasteiger partial charge on any atom is -0.356 e.